The van der Waals surface area contributed by atoms with Crippen LogP contribution in [0.15, 0.2) is 18.2 Å². The Morgan fingerprint density at radius 2 is 2.24 bits per heavy atom. The van der Waals surface area contributed by atoms with E-state index in [-0.39, 0.29) is 17.9 Å². The third-order valence-electron chi connectivity index (χ3n) is 3.33. The first-order valence-corrected chi connectivity index (χ1v) is 7.16. The number of likely N-dealkylation sites (tertiary alicyclic amines) is 1. The number of carbonyl (C=O) groups excluding carboxylic acids is 2. The van der Waals surface area contributed by atoms with E-state index in [1.54, 1.807) is 18.2 Å². The maximum atomic E-state index is 12.0. The van der Waals surface area contributed by atoms with Crippen molar-refractivity contribution < 1.29 is 9.59 Å². The van der Waals surface area contributed by atoms with E-state index in [0.29, 0.717) is 29.5 Å². The summed E-state index contributed by atoms with van der Waals surface area (Å²) in [6.45, 7) is 3.27. The fourth-order valence-electron chi connectivity index (χ4n) is 2.41. The van der Waals surface area contributed by atoms with Crippen LogP contribution >= 0.6 is 11.6 Å². The second-order valence-electron chi connectivity index (χ2n) is 5.21. The van der Waals surface area contributed by atoms with Gasteiger partial charge in [-0.1, -0.05) is 11.6 Å². The van der Waals surface area contributed by atoms with Gasteiger partial charge in [0.15, 0.2) is 0 Å². The number of halogens is 1. The van der Waals surface area contributed by atoms with Crippen molar-refractivity contribution in [1.29, 1.82) is 0 Å². The zero-order valence-electron chi connectivity index (χ0n) is 11.9. The zero-order chi connectivity index (χ0) is 15.4. The third-order valence-corrected chi connectivity index (χ3v) is 3.67. The monoisotopic (exact) mass is 310 g/mol. The molecule has 1 unspecified atom stereocenters. The molecule has 1 aliphatic heterocycles. The number of nitrogens with zero attached hydrogens (tertiary/aromatic N) is 1. The van der Waals surface area contributed by atoms with Crippen LogP contribution in [-0.2, 0) is 9.59 Å². The van der Waals surface area contributed by atoms with Crippen molar-refractivity contribution in [3.8, 4) is 0 Å². The highest BCUT2D eigenvalue weighted by Gasteiger charge is 2.24. The van der Waals surface area contributed by atoms with Crippen LogP contribution in [0.25, 0.3) is 0 Å². The minimum Gasteiger partial charge on any atom is -0.397 e. The molecule has 0 spiro atoms. The standard InChI is InChI=1S/C14H19ClN4O2/c1-9(20)17-11-4-5-19(7-11)8-14(21)18-10-2-3-12(15)13(16)6-10/h2-3,6,11H,4-5,7-8,16H2,1H3,(H,17,20)(H,18,21). The molecule has 0 aliphatic carbocycles. The highest BCUT2D eigenvalue weighted by Crippen LogP contribution is 2.22. The van der Waals surface area contributed by atoms with Gasteiger partial charge in [-0.15, -0.1) is 0 Å². The Balaban J connectivity index is 1.82. The number of hydrogen-bond acceptors (Lipinski definition) is 4. The Morgan fingerprint density at radius 3 is 2.90 bits per heavy atom. The molecule has 1 aliphatic rings. The van der Waals surface area contributed by atoms with E-state index in [1.165, 1.54) is 6.92 Å². The highest BCUT2D eigenvalue weighted by atomic mass is 35.5. The molecular formula is C14H19ClN4O2. The first-order chi connectivity index (χ1) is 9.94. The van der Waals surface area contributed by atoms with Crippen molar-refractivity contribution in [2.45, 2.75) is 19.4 Å². The molecule has 1 heterocycles. The molecule has 2 amide bonds. The van der Waals surface area contributed by atoms with Crippen molar-refractivity contribution in [3.05, 3.63) is 23.2 Å². The molecule has 6 nitrogen and oxygen atoms in total. The maximum Gasteiger partial charge on any atom is 0.238 e. The van der Waals surface area contributed by atoms with E-state index in [4.69, 9.17) is 17.3 Å². The van der Waals surface area contributed by atoms with Crippen LogP contribution in [0.4, 0.5) is 11.4 Å². The van der Waals surface area contributed by atoms with Gasteiger partial charge >= 0.3 is 0 Å². The lowest BCUT2D eigenvalue weighted by Crippen LogP contribution is -2.37. The van der Waals surface area contributed by atoms with E-state index in [9.17, 15) is 9.59 Å². The van der Waals surface area contributed by atoms with Gasteiger partial charge in [0.2, 0.25) is 11.8 Å². The lowest BCUT2D eigenvalue weighted by Gasteiger charge is -2.16. The molecule has 0 bridgehead atoms. The minimum atomic E-state index is -0.111. The highest BCUT2D eigenvalue weighted by molar-refractivity contribution is 6.33. The number of carbonyl (C=O) groups is 2. The van der Waals surface area contributed by atoms with E-state index < -0.39 is 0 Å². The second kappa shape index (κ2) is 6.78. The van der Waals surface area contributed by atoms with Gasteiger partial charge < -0.3 is 16.4 Å². The number of hydrogen-bond donors (Lipinski definition) is 3. The number of amides is 2. The molecular weight excluding hydrogens is 292 g/mol. The topological polar surface area (TPSA) is 87.5 Å². The van der Waals surface area contributed by atoms with Crippen LogP contribution in [0.1, 0.15) is 13.3 Å². The van der Waals surface area contributed by atoms with Gasteiger partial charge in [0, 0.05) is 31.7 Å². The molecule has 1 fully saturated rings. The average molecular weight is 311 g/mol. The number of benzene rings is 1. The van der Waals surface area contributed by atoms with Crippen molar-refractivity contribution in [3.63, 3.8) is 0 Å². The van der Waals surface area contributed by atoms with Crippen LogP contribution in [-0.4, -0.2) is 42.4 Å². The molecule has 0 aromatic heterocycles. The summed E-state index contributed by atoms with van der Waals surface area (Å²) in [5.74, 6) is -0.150. The Hall–Kier alpha value is -1.79. The quantitative estimate of drug-likeness (QED) is 0.726. The van der Waals surface area contributed by atoms with Crippen LogP contribution < -0.4 is 16.4 Å². The summed E-state index contributed by atoms with van der Waals surface area (Å²) in [5.41, 5.74) is 6.75. The van der Waals surface area contributed by atoms with Gasteiger partial charge in [0.1, 0.15) is 0 Å². The predicted octanol–water partition coefficient (Wildman–Crippen LogP) is 1.07. The fourth-order valence-corrected chi connectivity index (χ4v) is 2.52. The summed E-state index contributed by atoms with van der Waals surface area (Å²) in [7, 11) is 0. The smallest absolute Gasteiger partial charge is 0.238 e. The van der Waals surface area contributed by atoms with E-state index in [2.05, 4.69) is 10.6 Å². The summed E-state index contributed by atoms with van der Waals surface area (Å²) >= 11 is 5.83. The van der Waals surface area contributed by atoms with Crippen LogP contribution in [0, 0.1) is 0 Å². The van der Waals surface area contributed by atoms with Crippen molar-refractivity contribution >= 4 is 34.8 Å². The lowest BCUT2D eigenvalue weighted by atomic mass is 10.2. The van der Waals surface area contributed by atoms with Crippen molar-refractivity contribution in [1.82, 2.24) is 10.2 Å². The largest absolute Gasteiger partial charge is 0.397 e. The van der Waals surface area contributed by atoms with E-state index in [1.807, 2.05) is 4.90 Å². The summed E-state index contributed by atoms with van der Waals surface area (Å²) in [5, 5.41) is 6.11. The molecule has 2 rings (SSSR count). The SMILES string of the molecule is CC(=O)NC1CCN(CC(=O)Nc2ccc(Cl)c(N)c2)C1. The average Bonchev–Trinajstić information content (AvgIpc) is 2.80. The molecule has 7 heteroatoms. The van der Waals surface area contributed by atoms with Crippen LogP contribution in [0.5, 0.6) is 0 Å². The molecule has 114 valence electrons. The Kier molecular flexibility index (Phi) is 5.03. The molecule has 0 radical (unpaired) electrons. The van der Waals surface area contributed by atoms with Gasteiger partial charge in [0.05, 0.1) is 17.3 Å². The number of rotatable bonds is 4. The van der Waals surface area contributed by atoms with Crippen molar-refractivity contribution in [2.75, 3.05) is 30.7 Å². The van der Waals surface area contributed by atoms with Crippen LogP contribution in [0.3, 0.4) is 0 Å². The van der Waals surface area contributed by atoms with Gasteiger partial charge in [-0.05, 0) is 24.6 Å². The predicted molar refractivity (Wildman–Crippen MR) is 83.2 cm³/mol. The molecule has 21 heavy (non-hydrogen) atoms. The van der Waals surface area contributed by atoms with Crippen LogP contribution in [0.2, 0.25) is 5.02 Å². The minimum absolute atomic E-state index is 0.0389. The summed E-state index contributed by atoms with van der Waals surface area (Å²) in [6, 6.07) is 5.11. The van der Waals surface area contributed by atoms with Gasteiger partial charge in [-0.3, -0.25) is 14.5 Å². The number of anilines is 2. The molecule has 4 N–H and O–H groups in total. The van der Waals surface area contributed by atoms with Gasteiger partial charge in [-0.25, -0.2) is 0 Å². The van der Waals surface area contributed by atoms with Gasteiger partial charge in [-0.2, -0.15) is 0 Å². The summed E-state index contributed by atoms with van der Waals surface area (Å²) in [6.07, 6.45) is 0.862. The molecule has 1 atom stereocenters. The number of nitrogens with one attached hydrogen (secondary N) is 2. The Bertz CT molecular complexity index is 550. The first kappa shape index (κ1) is 15.6. The maximum absolute atomic E-state index is 12.0. The molecule has 0 saturated carbocycles. The first-order valence-electron chi connectivity index (χ1n) is 6.78. The Morgan fingerprint density at radius 1 is 1.48 bits per heavy atom. The third kappa shape index (κ3) is 4.61. The second-order valence-corrected chi connectivity index (χ2v) is 5.61. The number of nitrogens with two attached hydrogens (primary N) is 1. The lowest BCUT2D eigenvalue weighted by molar-refractivity contribution is -0.119. The molecule has 1 aromatic rings. The van der Waals surface area contributed by atoms with E-state index in [0.717, 1.165) is 13.0 Å². The summed E-state index contributed by atoms with van der Waals surface area (Å²) < 4.78 is 0. The molecule has 1 aromatic carbocycles. The zero-order valence-corrected chi connectivity index (χ0v) is 12.6. The number of nitrogen functional groups attached to an aromatic ring is 1. The Labute approximate surface area is 128 Å². The van der Waals surface area contributed by atoms with Crippen molar-refractivity contribution in [2.24, 2.45) is 0 Å². The normalized spacial score (nSPS) is 18.5. The summed E-state index contributed by atoms with van der Waals surface area (Å²) in [4.78, 5) is 25.0. The van der Waals surface area contributed by atoms with E-state index >= 15 is 0 Å². The van der Waals surface area contributed by atoms with Gasteiger partial charge in [0.25, 0.3) is 0 Å². The fraction of sp³-hybridized carbons (Fsp3) is 0.429. The molecule has 1 saturated heterocycles.